The molecule has 0 saturated carbocycles. The highest BCUT2D eigenvalue weighted by atomic mass is 32.2. The Morgan fingerprint density at radius 1 is 1.38 bits per heavy atom. The van der Waals surface area contributed by atoms with Crippen LogP contribution in [0, 0.1) is 0 Å². The van der Waals surface area contributed by atoms with Crippen LogP contribution in [0.3, 0.4) is 0 Å². The zero-order valence-electron chi connectivity index (χ0n) is 12.0. The van der Waals surface area contributed by atoms with Gasteiger partial charge in [-0.05, 0) is 24.5 Å². The second-order valence-electron chi connectivity index (χ2n) is 4.49. The van der Waals surface area contributed by atoms with Crippen molar-refractivity contribution in [1.29, 1.82) is 0 Å². The van der Waals surface area contributed by atoms with Gasteiger partial charge in [-0.1, -0.05) is 36.9 Å². The number of nitrogens with two attached hydrogens (primary N) is 1. The second-order valence-corrected chi connectivity index (χ2v) is 5.57. The number of thioether (sulfide) groups is 1. The number of aryl methyl sites for hydroxylation is 1. The molecule has 0 aliphatic carbocycles. The van der Waals surface area contributed by atoms with Crippen LogP contribution in [0.4, 0.5) is 5.82 Å². The molecule has 0 aliphatic rings. The summed E-state index contributed by atoms with van der Waals surface area (Å²) in [7, 11) is 0. The zero-order valence-corrected chi connectivity index (χ0v) is 12.8. The van der Waals surface area contributed by atoms with Gasteiger partial charge >= 0.3 is 0 Å². The monoisotopic (exact) mass is 305 g/mol. The molecular weight excluding hydrogens is 286 g/mol. The van der Waals surface area contributed by atoms with Gasteiger partial charge in [-0.3, -0.25) is 4.79 Å². The summed E-state index contributed by atoms with van der Waals surface area (Å²) in [6, 6.07) is 9.33. The van der Waals surface area contributed by atoms with Crippen molar-refractivity contribution in [2.24, 2.45) is 0 Å². The molecule has 0 spiro atoms. The normalized spacial score (nSPS) is 10.5. The predicted octanol–water partition coefficient (Wildman–Crippen LogP) is 2.48. The van der Waals surface area contributed by atoms with Gasteiger partial charge in [0.2, 0.25) is 0 Å². The summed E-state index contributed by atoms with van der Waals surface area (Å²) >= 11 is 1.47. The van der Waals surface area contributed by atoms with E-state index in [1.165, 1.54) is 23.4 Å². The lowest BCUT2D eigenvalue weighted by Gasteiger charge is -2.09. The van der Waals surface area contributed by atoms with Crippen molar-refractivity contribution < 1.29 is 4.74 Å². The maximum absolute atomic E-state index is 11.2. The van der Waals surface area contributed by atoms with Crippen molar-refractivity contribution in [3.05, 3.63) is 46.2 Å². The van der Waals surface area contributed by atoms with Crippen molar-refractivity contribution in [3.63, 3.8) is 0 Å². The molecule has 0 saturated heterocycles. The number of aromatic amines is 1. The number of hydrogen-bond acceptors (Lipinski definition) is 5. The third-order valence-corrected chi connectivity index (χ3v) is 3.84. The van der Waals surface area contributed by atoms with Crippen LogP contribution in [0.25, 0.3) is 0 Å². The number of nitrogens with one attached hydrogen (secondary N) is 1. The minimum atomic E-state index is -0.224. The van der Waals surface area contributed by atoms with Gasteiger partial charge < -0.3 is 15.5 Å². The molecule has 6 heteroatoms. The maximum atomic E-state index is 11.2. The summed E-state index contributed by atoms with van der Waals surface area (Å²) in [6.45, 7) is 2.75. The lowest BCUT2D eigenvalue weighted by Crippen LogP contribution is -2.09. The van der Waals surface area contributed by atoms with E-state index in [0.717, 1.165) is 24.3 Å². The lowest BCUT2D eigenvalue weighted by molar-refractivity contribution is 0.315. The molecule has 3 N–H and O–H groups in total. The first-order valence-corrected chi connectivity index (χ1v) is 7.88. The van der Waals surface area contributed by atoms with E-state index in [9.17, 15) is 4.79 Å². The Balaban J connectivity index is 1.76. The van der Waals surface area contributed by atoms with Gasteiger partial charge in [-0.15, -0.1) is 0 Å². The molecule has 2 rings (SSSR count). The molecule has 1 aromatic heterocycles. The van der Waals surface area contributed by atoms with Gasteiger partial charge in [0.15, 0.2) is 5.16 Å². The topological polar surface area (TPSA) is 81.0 Å². The molecule has 1 heterocycles. The van der Waals surface area contributed by atoms with E-state index >= 15 is 0 Å². The predicted molar refractivity (Wildman–Crippen MR) is 85.9 cm³/mol. The Labute approximate surface area is 127 Å². The Kier molecular flexibility index (Phi) is 5.68. The van der Waals surface area contributed by atoms with Gasteiger partial charge in [0.05, 0.1) is 6.61 Å². The number of benzene rings is 1. The largest absolute Gasteiger partial charge is 0.493 e. The van der Waals surface area contributed by atoms with E-state index in [1.54, 1.807) is 0 Å². The van der Waals surface area contributed by atoms with E-state index in [4.69, 9.17) is 10.5 Å². The molecule has 112 valence electrons. The van der Waals surface area contributed by atoms with E-state index in [0.29, 0.717) is 11.8 Å². The average Bonchev–Trinajstić information content (AvgIpc) is 2.46. The zero-order chi connectivity index (χ0) is 15.1. The highest BCUT2D eigenvalue weighted by Gasteiger charge is 2.02. The number of aromatic nitrogens is 2. The molecule has 0 atom stereocenters. The average molecular weight is 305 g/mol. The SMILES string of the molecule is CCc1ccccc1OCCCSc1nc(N)cc(=O)[nH]1. The van der Waals surface area contributed by atoms with Crippen molar-refractivity contribution in [1.82, 2.24) is 9.97 Å². The fraction of sp³-hybridized carbons (Fsp3) is 0.333. The fourth-order valence-electron chi connectivity index (χ4n) is 1.87. The van der Waals surface area contributed by atoms with Crippen molar-refractivity contribution in [2.45, 2.75) is 24.9 Å². The first kappa shape index (κ1) is 15.4. The Morgan fingerprint density at radius 2 is 2.19 bits per heavy atom. The number of ether oxygens (including phenoxy) is 1. The Bertz CT molecular complexity index is 643. The highest BCUT2D eigenvalue weighted by molar-refractivity contribution is 7.99. The third-order valence-electron chi connectivity index (χ3n) is 2.88. The Hall–Kier alpha value is -1.95. The summed E-state index contributed by atoms with van der Waals surface area (Å²) in [6.07, 6.45) is 1.82. The highest BCUT2D eigenvalue weighted by Crippen LogP contribution is 2.19. The number of nitrogen functional groups attached to an aromatic ring is 1. The first-order valence-electron chi connectivity index (χ1n) is 6.89. The van der Waals surface area contributed by atoms with Gasteiger partial charge in [0.1, 0.15) is 11.6 Å². The smallest absolute Gasteiger partial charge is 0.253 e. The van der Waals surface area contributed by atoms with Crippen molar-refractivity contribution in [2.75, 3.05) is 18.1 Å². The molecule has 0 bridgehead atoms. The van der Waals surface area contributed by atoms with Crippen molar-refractivity contribution >= 4 is 17.6 Å². The van der Waals surface area contributed by atoms with Crippen LogP contribution in [0.5, 0.6) is 5.75 Å². The van der Waals surface area contributed by atoms with Crippen LogP contribution in [-0.2, 0) is 6.42 Å². The number of para-hydroxylation sites is 1. The summed E-state index contributed by atoms with van der Waals surface area (Å²) < 4.78 is 5.78. The van der Waals surface area contributed by atoms with E-state index < -0.39 is 0 Å². The standard InChI is InChI=1S/C15H19N3O2S/c1-2-11-6-3-4-7-12(11)20-8-5-9-21-15-17-13(16)10-14(19)18-15/h3-4,6-7,10H,2,5,8-9H2,1H3,(H3,16,17,18,19). The van der Waals surface area contributed by atoms with Gasteiger partial charge in [-0.2, -0.15) is 0 Å². The van der Waals surface area contributed by atoms with Crippen LogP contribution in [0.2, 0.25) is 0 Å². The lowest BCUT2D eigenvalue weighted by atomic mass is 10.1. The van der Waals surface area contributed by atoms with Crippen molar-refractivity contribution in [3.8, 4) is 5.75 Å². The molecule has 0 aliphatic heterocycles. The summed E-state index contributed by atoms with van der Waals surface area (Å²) in [4.78, 5) is 18.0. The Morgan fingerprint density at radius 3 is 2.95 bits per heavy atom. The summed E-state index contributed by atoms with van der Waals surface area (Å²) in [5.41, 5.74) is 6.52. The summed E-state index contributed by atoms with van der Waals surface area (Å²) in [5, 5.41) is 0.550. The van der Waals surface area contributed by atoms with Gasteiger partial charge in [0, 0.05) is 11.8 Å². The molecule has 0 radical (unpaired) electrons. The van der Waals surface area contributed by atoms with Crippen LogP contribution < -0.4 is 16.0 Å². The minimum Gasteiger partial charge on any atom is -0.493 e. The molecule has 21 heavy (non-hydrogen) atoms. The van der Waals surface area contributed by atoms with Crippen LogP contribution in [0.1, 0.15) is 18.9 Å². The second kappa shape index (κ2) is 7.73. The first-order chi connectivity index (χ1) is 10.2. The van der Waals surface area contributed by atoms with Crippen LogP contribution >= 0.6 is 11.8 Å². The van der Waals surface area contributed by atoms with Crippen LogP contribution in [-0.4, -0.2) is 22.3 Å². The molecule has 2 aromatic rings. The van der Waals surface area contributed by atoms with Gasteiger partial charge in [-0.25, -0.2) is 4.98 Å². The maximum Gasteiger partial charge on any atom is 0.253 e. The number of H-pyrrole nitrogens is 1. The minimum absolute atomic E-state index is 0.224. The number of nitrogens with zero attached hydrogens (tertiary/aromatic N) is 1. The fourth-order valence-corrected chi connectivity index (χ4v) is 2.67. The molecule has 0 fully saturated rings. The van der Waals surface area contributed by atoms with E-state index in [1.807, 2.05) is 18.2 Å². The molecular formula is C15H19N3O2S. The third kappa shape index (κ3) is 4.82. The van der Waals surface area contributed by atoms with Crippen LogP contribution in [0.15, 0.2) is 40.3 Å². The van der Waals surface area contributed by atoms with Gasteiger partial charge in [0.25, 0.3) is 5.56 Å². The molecule has 0 amide bonds. The number of rotatable bonds is 7. The van der Waals surface area contributed by atoms with E-state index in [2.05, 4.69) is 23.0 Å². The number of hydrogen-bond donors (Lipinski definition) is 2. The molecule has 5 nitrogen and oxygen atoms in total. The summed E-state index contributed by atoms with van der Waals surface area (Å²) in [5.74, 6) is 2.00. The quantitative estimate of drug-likeness (QED) is 0.466. The van der Waals surface area contributed by atoms with E-state index in [-0.39, 0.29) is 11.4 Å². The molecule has 0 unspecified atom stereocenters. The number of anilines is 1. The molecule has 1 aromatic carbocycles.